The maximum Gasteiger partial charge on any atom is 0.237 e. The van der Waals surface area contributed by atoms with Gasteiger partial charge in [-0.3, -0.25) is 9.20 Å². The molecule has 132 valence electrons. The minimum atomic E-state index is -0.292. The second kappa shape index (κ2) is 6.74. The summed E-state index contributed by atoms with van der Waals surface area (Å²) in [5.41, 5.74) is 4.08. The highest BCUT2D eigenvalue weighted by atomic mass is 32.2. The molecule has 4 aromatic rings. The number of para-hydroxylation sites is 2. The summed E-state index contributed by atoms with van der Waals surface area (Å²) in [6.07, 6.45) is 0. The molecule has 1 N–H and O–H groups in total. The van der Waals surface area contributed by atoms with E-state index in [0.717, 1.165) is 37.1 Å². The summed E-state index contributed by atoms with van der Waals surface area (Å²) in [5, 5.41) is 12.0. The number of thioether (sulfide) groups is 1. The number of aryl methyl sites for hydroxylation is 2. The summed E-state index contributed by atoms with van der Waals surface area (Å²) in [5.74, 6) is -0.0383. The fourth-order valence-electron chi connectivity index (χ4n) is 2.88. The minimum Gasteiger partial charge on any atom is -0.325 e. The van der Waals surface area contributed by atoms with E-state index in [2.05, 4.69) is 21.6 Å². The first kappa shape index (κ1) is 17.1. The Morgan fingerprint density at radius 1 is 1.12 bits per heavy atom. The van der Waals surface area contributed by atoms with Gasteiger partial charge in [0.1, 0.15) is 0 Å². The van der Waals surface area contributed by atoms with Gasteiger partial charge in [0, 0.05) is 5.69 Å². The smallest absolute Gasteiger partial charge is 0.237 e. The summed E-state index contributed by atoms with van der Waals surface area (Å²) in [6, 6.07) is 14.1. The number of fused-ring (bicyclic) bond motifs is 3. The number of carbonyl (C=O) groups is 1. The van der Waals surface area contributed by atoms with Crippen molar-refractivity contribution < 1.29 is 4.79 Å². The van der Waals surface area contributed by atoms with E-state index in [1.807, 2.05) is 61.6 Å². The molecule has 0 aliphatic rings. The highest BCUT2D eigenvalue weighted by Gasteiger charge is 2.20. The Labute approximate surface area is 159 Å². The predicted octanol–water partition coefficient (Wildman–Crippen LogP) is 4.68. The summed E-state index contributed by atoms with van der Waals surface area (Å²) in [4.78, 5) is 13.5. The van der Waals surface area contributed by atoms with Crippen LogP contribution in [0.25, 0.3) is 15.2 Å². The molecule has 0 fully saturated rings. The third kappa shape index (κ3) is 2.97. The molecule has 2 aromatic heterocycles. The maximum atomic E-state index is 12.7. The van der Waals surface area contributed by atoms with Gasteiger partial charge in [0.05, 0.1) is 15.5 Å². The second-order valence-electron chi connectivity index (χ2n) is 6.19. The van der Waals surface area contributed by atoms with Crippen LogP contribution in [0.3, 0.4) is 0 Å². The van der Waals surface area contributed by atoms with Crippen molar-refractivity contribution in [1.82, 2.24) is 14.6 Å². The second-order valence-corrected chi connectivity index (χ2v) is 8.50. The molecular formula is C19H18N4OS2. The first-order valence-corrected chi connectivity index (χ1v) is 10.0. The number of rotatable bonds is 4. The minimum absolute atomic E-state index is 0.0383. The van der Waals surface area contributed by atoms with Crippen molar-refractivity contribution in [3.63, 3.8) is 0 Å². The topological polar surface area (TPSA) is 59.3 Å². The number of carbonyl (C=O) groups excluding carboxylic acids is 1. The average Bonchev–Trinajstić information content (AvgIpc) is 3.18. The molecule has 0 bridgehead atoms. The summed E-state index contributed by atoms with van der Waals surface area (Å²) < 4.78 is 3.18. The van der Waals surface area contributed by atoms with Crippen molar-refractivity contribution in [1.29, 1.82) is 0 Å². The number of hydrogen-bond acceptors (Lipinski definition) is 5. The molecule has 0 spiro atoms. The normalized spacial score (nSPS) is 12.6. The van der Waals surface area contributed by atoms with Gasteiger partial charge in [0.2, 0.25) is 10.9 Å². The van der Waals surface area contributed by atoms with Gasteiger partial charge in [-0.2, -0.15) is 0 Å². The van der Waals surface area contributed by atoms with E-state index in [4.69, 9.17) is 0 Å². The Hall–Kier alpha value is -2.38. The third-order valence-corrected chi connectivity index (χ3v) is 6.35. The van der Waals surface area contributed by atoms with Crippen molar-refractivity contribution in [3.05, 3.63) is 53.6 Å². The quantitative estimate of drug-likeness (QED) is 0.521. The van der Waals surface area contributed by atoms with Crippen molar-refractivity contribution in [3.8, 4) is 0 Å². The highest BCUT2D eigenvalue weighted by Crippen LogP contribution is 2.31. The monoisotopic (exact) mass is 382 g/mol. The van der Waals surface area contributed by atoms with Crippen LogP contribution in [0.1, 0.15) is 18.1 Å². The first-order chi connectivity index (χ1) is 12.5. The molecule has 5 nitrogen and oxygen atoms in total. The Kier molecular flexibility index (Phi) is 4.42. The number of amides is 1. The molecule has 7 heteroatoms. The Balaban J connectivity index is 1.59. The molecule has 0 saturated carbocycles. The van der Waals surface area contributed by atoms with E-state index in [1.165, 1.54) is 11.8 Å². The zero-order chi connectivity index (χ0) is 18.3. The maximum absolute atomic E-state index is 12.7. The molecule has 1 unspecified atom stereocenters. The Morgan fingerprint density at radius 2 is 1.85 bits per heavy atom. The fourth-order valence-corrected chi connectivity index (χ4v) is 4.76. The Morgan fingerprint density at radius 3 is 2.62 bits per heavy atom. The molecular weight excluding hydrogens is 364 g/mol. The number of aromatic nitrogens is 3. The number of hydrogen-bond donors (Lipinski definition) is 1. The summed E-state index contributed by atoms with van der Waals surface area (Å²) >= 11 is 3.02. The van der Waals surface area contributed by atoms with Gasteiger partial charge in [0.15, 0.2) is 5.16 Å². The predicted molar refractivity (Wildman–Crippen MR) is 108 cm³/mol. The van der Waals surface area contributed by atoms with Crippen LogP contribution in [-0.4, -0.2) is 25.8 Å². The third-order valence-electron chi connectivity index (χ3n) is 4.29. The van der Waals surface area contributed by atoms with E-state index in [-0.39, 0.29) is 11.2 Å². The Bertz CT molecular complexity index is 1100. The number of anilines is 1. The number of nitrogens with zero attached hydrogens (tertiary/aromatic N) is 3. The van der Waals surface area contributed by atoms with Crippen LogP contribution in [0, 0.1) is 13.8 Å². The van der Waals surface area contributed by atoms with Gasteiger partial charge in [-0.1, -0.05) is 53.4 Å². The molecule has 0 saturated heterocycles. The number of nitrogens with one attached hydrogen (secondary N) is 1. The van der Waals surface area contributed by atoms with E-state index in [9.17, 15) is 4.79 Å². The average molecular weight is 383 g/mol. The number of benzene rings is 2. The van der Waals surface area contributed by atoms with Crippen LogP contribution in [-0.2, 0) is 4.79 Å². The van der Waals surface area contributed by atoms with Crippen LogP contribution in [0.4, 0.5) is 5.69 Å². The van der Waals surface area contributed by atoms with Crippen LogP contribution in [0.15, 0.2) is 47.6 Å². The van der Waals surface area contributed by atoms with Gasteiger partial charge >= 0.3 is 0 Å². The van der Waals surface area contributed by atoms with Crippen molar-refractivity contribution in [2.75, 3.05) is 5.32 Å². The molecule has 0 radical (unpaired) electrons. The molecule has 4 rings (SSSR count). The highest BCUT2D eigenvalue weighted by molar-refractivity contribution is 8.00. The lowest BCUT2D eigenvalue weighted by Gasteiger charge is -2.14. The number of thiazole rings is 1. The van der Waals surface area contributed by atoms with Crippen LogP contribution >= 0.6 is 23.1 Å². The van der Waals surface area contributed by atoms with Crippen LogP contribution in [0.2, 0.25) is 0 Å². The van der Waals surface area contributed by atoms with Gasteiger partial charge in [-0.15, -0.1) is 10.2 Å². The molecule has 1 amide bonds. The van der Waals surface area contributed by atoms with E-state index in [1.54, 1.807) is 11.3 Å². The largest absolute Gasteiger partial charge is 0.325 e. The first-order valence-electron chi connectivity index (χ1n) is 8.31. The molecule has 0 aliphatic carbocycles. The van der Waals surface area contributed by atoms with Crippen molar-refractivity contribution in [2.24, 2.45) is 0 Å². The van der Waals surface area contributed by atoms with Gasteiger partial charge in [0.25, 0.3) is 0 Å². The lowest BCUT2D eigenvalue weighted by Crippen LogP contribution is -2.23. The van der Waals surface area contributed by atoms with Gasteiger partial charge < -0.3 is 5.32 Å². The van der Waals surface area contributed by atoms with E-state index < -0.39 is 0 Å². The molecule has 26 heavy (non-hydrogen) atoms. The summed E-state index contributed by atoms with van der Waals surface area (Å²) in [7, 11) is 0. The van der Waals surface area contributed by atoms with Crippen LogP contribution < -0.4 is 5.32 Å². The molecule has 2 aromatic carbocycles. The van der Waals surface area contributed by atoms with Crippen molar-refractivity contribution in [2.45, 2.75) is 31.2 Å². The van der Waals surface area contributed by atoms with E-state index >= 15 is 0 Å². The van der Waals surface area contributed by atoms with Crippen molar-refractivity contribution >= 4 is 49.9 Å². The summed E-state index contributed by atoms with van der Waals surface area (Å²) in [6.45, 7) is 5.89. The zero-order valence-electron chi connectivity index (χ0n) is 14.7. The fraction of sp³-hybridized carbons (Fsp3) is 0.211. The van der Waals surface area contributed by atoms with Crippen LogP contribution in [0.5, 0.6) is 0 Å². The SMILES string of the molecule is Cc1cccc(C)c1NC(=O)C(C)Sc1nnc2sc3ccccc3n12. The molecule has 0 aliphatic heterocycles. The lowest BCUT2D eigenvalue weighted by atomic mass is 10.1. The molecule has 1 atom stereocenters. The van der Waals surface area contributed by atoms with Gasteiger partial charge in [-0.05, 0) is 44.0 Å². The molecule has 2 heterocycles. The zero-order valence-corrected chi connectivity index (χ0v) is 16.3. The standard InChI is InChI=1S/C19H18N4OS2/c1-11-7-6-8-12(2)16(11)20-17(24)13(3)25-18-21-22-19-23(18)14-9-4-5-10-15(14)26-19/h4-10,13H,1-3H3,(H,20,24). The lowest BCUT2D eigenvalue weighted by molar-refractivity contribution is -0.115. The van der Waals surface area contributed by atoms with E-state index in [0.29, 0.717) is 0 Å². The van der Waals surface area contributed by atoms with Gasteiger partial charge in [-0.25, -0.2) is 0 Å².